The van der Waals surface area contributed by atoms with Gasteiger partial charge < -0.3 is 10.8 Å². The van der Waals surface area contributed by atoms with E-state index in [9.17, 15) is 4.79 Å². The Morgan fingerprint density at radius 1 is 1.77 bits per heavy atom. The van der Waals surface area contributed by atoms with Crippen molar-refractivity contribution in [2.24, 2.45) is 5.73 Å². The normalized spacial score (nSPS) is 12.5. The SMILES string of the molecule is Cc1nccc(C[C@@H](N)C(=O)O)n1. The van der Waals surface area contributed by atoms with Gasteiger partial charge in [-0.3, -0.25) is 4.79 Å². The molecule has 5 heteroatoms. The van der Waals surface area contributed by atoms with Gasteiger partial charge in [-0.1, -0.05) is 0 Å². The minimum Gasteiger partial charge on any atom is -0.480 e. The molecule has 1 atom stereocenters. The zero-order valence-corrected chi connectivity index (χ0v) is 7.27. The number of nitrogens with two attached hydrogens (primary N) is 1. The van der Waals surface area contributed by atoms with Gasteiger partial charge >= 0.3 is 5.97 Å². The molecule has 1 aromatic heterocycles. The maximum atomic E-state index is 10.4. The third kappa shape index (κ3) is 2.79. The molecule has 0 spiro atoms. The Hall–Kier alpha value is -1.49. The fourth-order valence-corrected chi connectivity index (χ4v) is 0.931. The first kappa shape index (κ1) is 9.60. The van der Waals surface area contributed by atoms with Crippen LogP contribution in [0.3, 0.4) is 0 Å². The average Bonchev–Trinajstić information content (AvgIpc) is 2.04. The number of hydrogen-bond acceptors (Lipinski definition) is 4. The molecular weight excluding hydrogens is 170 g/mol. The summed E-state index contributed by atoms with van der Waals surface area (Å²) in [5, 5.41) is 8.54. The molecule has 1 heterocycles. The standard InChI is InChI=1S/C8H11N3O2/c1-5-10-3-2-6(11-5)4-7(9)8(12)13/h2-3,7H,4,9H2,1H3,(H,12,13)/t7-/m1/s1. The molecule has 0 radical (unpaired) electrons. The zero-order chi connectivity index (χ0) is 9.84. The van der Waals surface area contributed by atoms with E-state index in [0.717, 1.165) is 0 Å². The molecule has 0 aliphatic rings. The van der Waals surface area contributed by atoms with Gasteiger partial charge in [0.2, 0.25) is 0 Å². The molecule has 3 N–H and O–H groups in total. The molecule has 0 bridgehead atoms. The largest absolute Gasteiger partial charge is 0.480 e. The molecule has 0 saturated carbocycles. The van der Waals surface area contributed by atoms with Gasteiger partial charge in [0.1, 0.15) is 11.9 Å². The van der Waals surface area contributed by atoms with E-state index in [4.69, 9.17) is 10.8 Å². The number of carboxylic acids is 1. The summed E-state index contributed by atoms with van der Waals surface area (Å²) < 4.78 is 0. The van der Waals surface area contributed by atoms with Crippen LogP contribution in [0.5, 0.6) is 0 Å². The minimum atomic E-state index is -1.02. The van der Waals surface area contributed by atoms with Crippen LogP contribution in [-0.2, 0) is 11.2 Å². The minimum absolute atomic E-state index is 0.235. The number of aliphatic carboxylic acids is 1. The van der Waals surface area contributed by atoms with E-state index < -0.39 is 12.0 Å². The van der Waals surface area contributed by atoms with Gasteiger partial charge in [0.05, 0.1) is 0 Å². The van der Waals surface area contributed by atoms with E-state index in [2.05, 4.69) is 9.97 Å². The van der Waals surface area contributed by atoms with Crippen molar-refractivity contribution in [1.29, 1.82) is 0 Å². The lowest BCUT2D eigenvalue weighted by molar-refractivity contribution is -0.138. The lowest BCUT2D eigenvalue weighted by Gasteiger charge is -2.05. The van der Waals surface area contributed by atoms with Crippen LogP contribution >= 0.6 is 0 Å². The molecular formula is C8H11N3O2. The van der Waals surface area contributed by atoms with Crippen molar-refractivity contribution in [3.05, 3.63) is 23.8 Å². The van der Waals surface area contributed by atoms with Gasteiger partial charge in [-0.15, -0.1) is 0 Å². The van der Waals surface area contributed by atoms with Gasteiger partial charge in [-0.2, -0.15) is 0 Å². The Balaban J connectivity index is 2.69. The van der Waals surface area contributed by atoms with Crippen LogP contribution in [0.4, 0.5) is 0 Å². The maximum Gasteiger partial charge on any atom is 0.320 e. The highest BCUT2D eigenvalue weighted by Gasteiger charge is 2.12. The van der Waals surface area contributed by atoms with E-state index in [1.165, 1.54) is 0 Å². The van der Waals surface area contributed by atoms with E-state index in [0.29, 0.717) is 11.5 Å². The Kier molecular flexibility index (Phi) is 2.92. The molecule has 70 valence electrons. The first-order valence-electron chi connectivity index (χ1n) is 3.86. The summed E-state index contributed by atoms with van der Waals surface area (Å²) in [4.78, 5) is 18.4. The summed E-state index contributed by atoms with van der Waals surface area (Å²) in [5.41, 5.74) is 5.99. The van der Waals surface area contributed by atoms with Gasteiger partial charge in [-0.25, -0.2) is 9.97 Å². The van der Waals surface area contributed by atoms with Crippen molar-refractivity contribution in [3.8, 4) is 0 Å². The second-order valence-electron chi connectivity index (χ2n) is 2.74. The third-order valence-corrected chi connectivity index (χ3v) is 1.58. The number of carbonyl (C=O) groups is 1. The predicted molar refractivity (Wildman–Crippen MR) is 46.1 cm³/mol. The molecule has 0 aromatic carbocycles. The van der Waals surface area contributed by atoms with Gasteiger partial charge in [0, 0.05) is 18.3 Å². The summed E-state index contributed by atoms with van der Waals surface area (Å²) in [5.74, 6) is -0.397. The first-order valence-corrected chi connectivity index (χ1v) is 3.86. The van der Waals surface area contributed by atoms with Crippen molar-refractivity contribution in [2.45, 2.75) is 19.4 Å². The molecule has 5 nitrogen and oxygen atoms in total. The third-order valence-electron chi connectivity index (χ3n) is 1.58. The van der Waals surface area contributed by atoms with E-state index in [-0.39, 0.29) is 6.42 Å². The van der Waals surface area contributed by atoms with Crippen LogP contribution < -0.4 is 5.73 Å². The second kappa shape index (κ2) is 3.95. The summed E-state index contributed by atoms with van der Waals surface area (Å²) in [6, 6.07) is 0.768. The number of aromatic nitrogens is 2. The number of carboxylic acid groups (broad SMARTS) is 1. The van der Waals surface area contributed by atoms with E-state index in [1.807, 2.05) is 0 Å². The van der Waals surface area contributed by atoms with E-state index >= 15 is 0 Å². The van der Waals surface area contributed by atoms with Crippen LogP contribution in [0.1, 0.15) is 11.5 Å². The molecule has 0 fully saturated rings. The van der Waals surface area contributed by atoms with Crippen LogP contribution in [0.2, 0.25) is 0 Å². The number of nitrogens with zero attached hydrogens (tertiary/aromatic N) is 2. The quantitative estimate of drug-likeness (QED) is 0.670. The van der Waals surface area contributed by atoms with Gasteiger partial charge in [-0.05, 0) is 13.0 Å². The number of hydrogen-bond donors (Lipinski definition) is 2. The second-order valence-corrected chi connectivity index (χ2v) is 2.74. The Bertz CT molecular complexity index is 314. The summed E-state index contributed by atoms with van der Waals surface area (Å²) in [6.45, 7) is 1.75. The molecule has 1 aromatic rings. The maximum absolute atomic E-state index is 10.4. The Morgan fingerprint density at radius 3 is 3.00 bits per heavy atom. The van der Waals surface area contributed by atoms with Crippen LogP contribution in [0.25, 0.3) is 0 Å². The molecule has 0 saturated heterocycles. The highest BCUT2D eigenvalue weighted by atomic mass is 16.4. The highest BCUT2D eigenvalue weighted by molar-refractivity contribution is 5.73. The fraction of sp³-hybridized carbons (Fsp3) is 0.375. The van der Waals surface area contributed by atoms with Crippen molar-refractivity contribution in [2.75, 3.05) is 0 Å². The highest BCUT2D eigenvalue weighted by Crippen LogP contribution is 1.98. The predicted octanol–water partition coefficient (Wildman–Crippen LogP) is -0.261. The summed E-state index contributed by atoms with van der Waals surface area (Å²) >= 11 is 0. The Morgan fingerprint density at radius 2 is 2.46 bits per heavy atom. The molecule has 0 aliphatic carbocycles. The molecule has 1 rings (SSSR count). The van der Waals surface area contributed by atoms with E-state index in [1.54, 1.807) is 19.2 Å². The van der Waals surface area contributed by atoms with Gasteiger partial charge in [0.15, 0.2) is 0 Å². The monoisotopic (exact) mass is 181 g/mol. The average molecular weight is 181 g/mol. The Labute approximate surface area is 75.6 Å². The van der Waals surface area contributed by atoms with Gasteiger partial charge in [0.25, 0.3) is 0 Å². The lowest BCUT2D eigenvalue weighted by atomic mass is 10.1. The lowest BCUT2D eigenvalue weighted by Crippen LogP contribution is -2.32. The number of rotatable bonds is 3. The topological polar surface area (TPSA) is 89.1 Å². The first-order chi connectivity index (χ1) is 6.09. The molecule has 0 amide bonds. The van der Waals surface area contributed by atoms with Crippen molar-refractivity contribution in [1.82, 2.24) is 9.97 Å². The number of aryl methyl sites for hydroxylation is 1. The fourth-order valence-electron chi connectivity index (χ4n) is 0.931. The van der Waals surface area contributed by atoms with Crippen molar-refractivity contribution in [3.63, 3.8) is 0 Å². The summed E-state index contributed by atoms with van der Waals surface area (Å²) in [6.07, 6.45) is 1.82. The van der Waals surface area contributed by atoms with Crippen LogP contribution in [0.15, 0.2) is 12.3 Å². The molecule has 13 heavy (non-hydrogen) atoms. The van der Waals surface area contributed by atoms with Crippen LogP contribution in [-0.4, -0.2) is 27.1 Å². The molecule has 0 unspecified atom stereocenters. The summed E-state index contributed by atoms with van der Waals surface area (Å²) in [7, 11) is 0. The van der Waals surface area contributed by atoms with Crippen LogP contribution in [0, 0.1) is 6.92 Å². The van der Waals surface area contributed by atoms with Crippen molar-refractivity contribution >= 4 is 5.97 Å². The zero-order valence-electron chi connectivity index (χ0n) is 7.27. The molecule has 0 aliphatic heterocycles. The van der Waals surface area contributed by atoms with Crippen molar-refractivity contribution < 1.29 is 9.90 Å². The smallest absolute Gasteiger partial charge is 0.320 e.